The molecule has 0 saturated carbocycles. The van der Waals surface area contributed by atoms with Crippen molar-refractivity contribution in [3.05, 3.63) is 46.7 Å². The first-order valence-corrected chi connectivity index (χ1v) is 5.90. The van der Waals surface area contributed by atoms with E-state index in [1.807, 2.05) is 44.4 Å². The van der Waals surface area contributed by atoms with Gasteiger partial charge in [-0.3, -0.25) is 0 Å². The predicted octanol–water partition coefficient (Wildman–Crippen LogP) is 3.31. The van der Waals surface area contributed by atoms with Crippen LogP contribution in [-0.2, 0) is 0 Å². The fourth-order valence-corrected chi connectivity index (χ4v) is 2.39. The maximum atomic E-state index is 11.1. The number of hydrogen-bond donors (Lipinski definition) is 1. The van der Waals surface area contributed by atoms with E-state index in [-0.39, 0.29) is 6.04 Å². The van der Waals surface area contributed by atoms with Crippen molar-refractivity contribution in [2.24, 2.45) is 0 Å². The van der Waals surface area contributed by atoms with Gasteiger partial charge in [-0.25, -0.2) is 4.79 Å². The van der Waals surface area contributed by atoms with Crippen molar-refractivity contribution >= 4 is 5.97 Å². The fourth-order valence-electron chi connectivity index (χ4n) is 2.39. The van der Waals surface area contributed by atoms with Crippen LogP contribution < -0.4 is 0 Å². The summed E-state index contributed by atoms with van der Waals surface area (Å²) in [5.74, 6) is 0.807. The molecule has 2 aromatic heterocycles. The van der Waals surface area contributed by atoms with Crippen LogP contribution in [0.15, 0.2) is 22.6 Å². The van der Waals surface area contributed by atoms with Crippen LogP contribution in [0.3, 0.4) is 0 Å². The maximum absolute atomic E-state index is 11.1. The van der Waals surface area contributed by atoms with Gasteiger partial charge >= 0.3 is 5.97 Å². The topological polar surface area (TPSA) is 55.4 Å². The van der Waals surface area contributed by atoms with Gasteiger partial charge in [0.15, 0.2) is 0 Å². The zero-order chi connectivity index (χ0) is 13.4. The Morgan fingerprint density at radius 2 is 2.00 bits per heavy atom. The van der Waals surface area contributed by atoms with E-state index in [4.69, 9.17) is 9.52 Å². The van der Waals surface area contributed by atoms with Crippen LogP contribution in [0.25, 0.3) is 0 Å². The van der Waals surface area contributed by atoms with Crippen LogP contribution in [0.2, 0.25) is 0 Å². The smallest absolute Gasteiger partial charge is 0.337 e. The number of carbonyl (C=O) groups is 1. The number of hydrogen-bond acceptors (Lipinski definition) is 2. The minimum atomic E-state index is -0.892. The number of carboxylic acid groups (broad SMARTS) is 1. The molecule has 0 aliphatic heterocycles. The number of carboxylic acids is 1. The quantitative estimate of drug-likeness (QED) is 0.905. The lowest BCUT2D eigenvalue weighted by Crippen LogP contribution is -2.10. The molecule has 0 aromatic carbocycles. The van der Waals surface area contributed by atoms with Crippen molar-refractivity contribution in [1.29, 1.82) is 0 Å². The average molecular weight is 247 g/mol. The summed E-state index contributed by atoms with van der Waals surface area (Å²) in [6.07, 6.45) is 0. The summed E-state index contributed by atoms with van der Waals surface area (Å²) in [7, 11) is 0. The van der Waals surface area contributed by atoms with Gasteiger partial charge in [0.2, 0.25) is 0 Å². The van der Waals surface area contributed by atoms with Crippen LogP contribution in [0, 0.1) is 20.8 Å². The second-order valence-corrected chi connectivity index (χ2v) is 4.58. The summed E-state index contributed by atoms with van der Waals surface area (Å²) in [6, 6.07) is 5.54. The van der Waals surface area contributed by atoms with Crippen molar-refractivity contribution < 1.29 is 14.3 Å². The Kier molecular flexibility index (Phi) is 3.03. The van der Waals surface area contributed by atoms with Crippen molar-refractivity contribution in [2.45, 2.75) is 33.7 Å². The van der Waals surface area contributed by atoms with Gasteiger partial charge < -0.3 is 14.1 Å². The molecule has 1 unspecified atom stereocenters. The molecule has 0 aliphatic rings. The molecule has 4 heteroatoms. The van der Waals surface area contributed by atoms with Gasteiger partial charge in [-0.05, 0) is 45.9 Å². The highest BCUT2D eigenvalue weighted by molar-refractivity contribution is 5.89. The molecule has 1 atom stereocenters. The normalized spacial score (nSPS) is 12.7. The minimum absolute atomic E-state index is 0.00759. The van der Waals surface area contributed by atoms with E-state index in [1.165, 1.54) is 0 Å². The summed E-state index contributed by atoms with van der Waals surface area (Å²) in [4.78, 5) is 11.1. The van der Waals surface area contributed by atoms with Gasteiger partial charge in [-0.1, -0.05) is 0 Å². The van der Waals surface area contributed by atoms with E-state index in [0.29, 0.717) is 5.56 Å². The zero-order valence-corrected chi connectivity index (χ0v) is 11.0. The van der Waals surface area contributed by atoms with Crippen LogP contribution in [0.5, 0.6) is 0 Å². The lowest BCUT2D eigenvalue weighted by molar-refractivity contribution is 0.0696. The Labute approximate surface area is 106 Å². The van der Waals surface area contributed by atoms with Gasteiger partial charge in [0, 0.05) is 11.4 Å². The summed E-state index contributed by atoms with van der Waals surface area (Å²) in [6.45, 7) is 7.63. The molecule has 2 aromatic rings. The van der Waals surface area contributed by atoms with Gasteiger partial charge in [-0.2, -0.15) is 0 Å². The molecule has 0 aliphatic carbocycles. The van der Waals surface area contributed by atoms with E-state index in [2.05, 4.69) is 0 Å². The Bertz CT molecular complexity index is 592. The zero-order valence-electron chi connectivity index (χ0n) is 11.0. The van der Waals surface area contributed by atoms with Crippen LogP contribution >= 0.6 is 0 Å². The molecule has 0 bridgehead atoms. The third-order valence-electron chi connectivity index (χ3n) is 3.27. The van der Waals surface area contributed by atoms with E-state index in [0.717, 1.165) is 22.9 Å². The first kappa shape index (κ1) is 12.5. The largest absolute Gasteiger partial charge is 0.478 e. The van der Waals surface area contributed by atoms with E-state index < -0.39 is 5.97 Å². The molecule has 96 valence electrons. The van der Waals surface area contributed by atoms with Crippen molar-refractivity contribution in [3.63, 3.8) is 0 Å². The summed E-state index contributed by atoms with van der Waals surface area (Å²) in [5, 5.41) is 9.12. The maximum Gasteiger partial charge on any atom is 0.337 e. The molecule has 0 saturated heterocycles. The Morgan fingerprint density at radius 1 is 1.33 bits per heavy atom. The number of rotatable bonds is 3. The number of aromatic carboxylic acids is 1. The lowest BCUT2D eigenvalue weighted by atomic mass is 10.2. The third-order valence-corrected chi connectivity index (χ3v) is 3.27. The Morgan fingerprint density at radius 3 is 2.44 bits per heavy atom. The Balaban J connectivity index is 2.48. The second-order valence-electron chi connectivity index (χ2n) is 4.58. The lowest BCUT2D eigenvalue weighted by Gasteiger charge is -2.16. The fraction of sp³-hybridized carbons (Fsp3) is 0.357. The molecule has 0 amide bonds. The van der Waals surface area contributed by atoms with Gasteiger partial charge in [0.1, 0.15) is 11.5 Å². The first-order chi connectivity index (χ1) is 8.41. The van der Waals surface area contributed by atoms with Crippen molar-refractivity contribution in [3.8, 4) is 0 Å². The number of furan rings is 1. The molecule has 0 fully saturated rings. The van der Waals surface area contributed by atoms with Crippen LogP contribution in [0.4, 0.5) is 0 Å². The average Bonchev–Trinajstić information content (AvgIpc) is 2.83. The molecule has 18 heavy (non-hydrogen) atoms. The summed E-state index contributed by atoms with van der Waals surface area (Å²) >= 11 is 0. The van der Waals surface area contributed by atoms with E-state index in [1.54, 1.807) is 6.07 Å². The van der Waals surface area contributed by atoms with Crippen molar-refractivity contribution in [1.82, 2.24) is 4.57 Å². The highest BCUT2D eigenvalue weighted by atomic mass is 16.4. The number of aryl methyl sites for hydroxylation is 2. The first-order valence-electron chi connectivity index (χ1n) is 5.90. The molecule has 4 nitrogen and oxygen atoms in total. The predicted molar refractivity (Wildman–Crippen MR) is 68.1 cm³/mol. The molecular formula is C14H17NO3. The number of aromatic nitrogens is 1. The van der Waals surface area contributed by atoms with E-state index in [9.17, 15) is 4.79 Å². The highest BCUT2D eigenvalue weighted by Gasteiger charge is 2.20. The molecule has 1 N–H and O–H groups in total. The molecule has 2 rings (SSSR count). The van der Waals surface area contributed by atoms with Gasteiger partial charge in [0.05, 0.1) is 11.6 Å². The monoisotopic (exact) mass is 247 g/mol. The number of nitrogens with zero attached hydrogens (tertiary/aromatic N) is 1. The summed E-state index contributed by atoms with van der Waals surface area (Å²) < 4.78 is 7.60. The second kappa shape index (κ2) is 4.37. The summed E-state index contributed by atoms with van der Waals surface area (Å²) in [5.41, 5.74) is 2.02. The molecule has 0 spiro atoms. The van der Waals surface area contributed by atoms with Gasteiger partial charge in [0.25, 0.3) is 0 Å². The molecule has 0 radical (unpaired) electrons. The molecule has 2 heterocycles. The van der Waals surface area contributed by atoms with Gasteiger partial charge in [-0.15, -0.1) is 0 Å². The Hall–Kier alpha value is -1.97. The standard InChI is InChI=1S/C14H17NO3/c1-8-7-12(14(16)17)10(3)15(8)11(4)13-6-5-9(2)18-13/h5-7,11H,1-4H3,(H,16,17). The van der Waals surface area contributed by atoms with E-state index >= 15 is 0 Å². The molecular weight excluding hydrogens is 230 g/mol. The third kappa shape index (κ3) is 1.94. The highest BCUT2D eigenvalue weighted by Crippen LogP contribution is 2.26. The minimum Gasteiger partial charge on any atom is -0.478 e. The van der Waals surface area contributed by atoms with Crippen LogP contribution in [-0.4, -0.2) is 15.6 Å². The van der Waals surface area contributed by atoms with Crippen LogP contribution in [0.1, 0.15) is 46.2 Å². The SMILES string of the molecule is Cc1ccc(C(C)n2c(C)cc(C(=O)O)c2C)o1. The van der Waals surface area contributed by atoms with Crippen molar-refractivity contribution in [2.75, 3.05) is 0 Å².